The highest BCUT2D eigenvalue weighted by Crippen LogP contribution is 2.11. The second kappa shape index (κ2) is 10.6. The van der Waals surface area contributed by atoms with Gasteiger partial charge in [-0.3, -0.25) is 25.2 Å². The summed E-state index contributed by atoms with van der Waals surface area (Å²) in [7, 11) is 0. The Kier molecular flexibility index (Phi) is 7.84. The van der Waals surface area contributed by atoms with Gasteiger partial charge in [0.1, 0.15) is 5.75 Å². The first kappa shape index (κ1) is 20.0. The van der Waals surface area contributed by atoms with E-state index < -0.39 is 11.8 Å². The van der Waals surface area contributed by atoms with Crippen LogP contribution in [0.3, 0.4) is 0 Å². The average molecular weight is 369 g/mol. The maximum atomic E-state index is 12.0. The van der Waals surface area contributed by atoms with Crippen LogP contribution < -0.4 is 20.9 Å². The quantitative estimate of drug-likeness (QED) is 0.616. The first-order valence-electron chi connectivity index (χ1n) is 8.71. The molecule has 0 spiro atoms. The van der Waals surface area contributed by atoms with Crippen molar-refractivity contribution in [3.63, 3.8) is 0 Å². The predicted molar refractivity (Wildman–Crippen MR) is 101 cm³/mol. The third-order valence-corrected chi connectivity index (χ3v) is 3.62. The molecule has 3 N–H and O–H groups in total. The van der Waals surface area contributed by atoms with E-state index in [4.69, 9.17) is 4.74 Å². The smallest absolute Gasteiger partial charge is 0.269 e. The molecular formula is C20H23N3O4. The molecule has 0 saturated carbocycles. The van der Waals surface area contributed by atoms with Crippen LogP contribution in [-0.4, -0.2) is 30.9 Å². The van der Waals surface area contributed by atoms with Crippen LogP contribution in [0.15, 0.2) is 54.6 Å². The highest BCUT2D eigenvalue weighted by Gasteiger charge is 2.08. The van der Waals surface area contributed by atoms with Crippen molar-refractivity contribution in [1.29, 1.82) is 0 Å². The SMILES string of the molecule is CCOc1ccc(C(=O)NNC(=O)CCNC(=O)Cc2ccccc2)cc1. The molecular weight excluding hydrogens is 346 g/mol. The van der Waals surface area contributed by atoms with Crippen LogP contribution in [0.2, 0.25) is 0 Å². The molecule has 2 aromatic rings. The van der Waals surface area contributed by atoms with Crippen molar-refractivity contribution in [3.05, 3.63) is 65.7 Å². The fourth-order valence-electron chi connectivity index (χ4n) is 2.29. The van der Waals surface area contributed by atoms with Gasteiger partial charge in [0.25, 0.3) is 5.91 Å². The van der Waals surface area contributed by atoms with E-state index in [1.807, 2.05) is 37.3 Å². The zero-order chi connectivity index (χ0) is 19.5. The Morgan fingerprint density at radius 3 is 2.26 bits per heavy atom. The zero-order valence-electron chi connectivity index (χ0n) is 15.2. The number of amides is 3. The second-order valence-electron chi connectivity index (χ2n) is 5.72. The van der Waals surface area contributed by atoms with E-state index in [1.54, 1.807) is 24.3 Å². The molecule has 3 amide bonds. The van der Waals surface area contributed by atoms with Gasteiger partial charge in [0.05, 0.1) is 13.0 Å². The Bertz CT molecular complexity index is 761. The summed E-state index contributed by atoms with van der Waals surface area (Å²) in [6.07, 6.45) is 0.320. The normalized spacial score (nSPS) is 9.96. The number of carbonyl (C=O) groups is 3. The minimum absolute atomic E-state index is 0.0596. The molecule has 0 saturated heterocycles. The van der Waals surface area contributed by atoms with Crippen molar-refractivity contribution >= 4 is 17.7 Å². The Morgan fingerprint density at radius 2 is 1.59 bits per heavy atom. The van der Waals surface area contributed by atoms with Gasteiger partial charge in [-0.05, 0) is 36.8 Å². The fourth-order valence-corrected chi connectivity index (χ4v) is 2.29. The maximum absolute atomic E-state index is 12.0. The van der Waals surface area contributed by atoms with E-state index in [9.17, 15) is 14.4 Å². The Labute approximate surface area is 158 Å². The molecule has 7 heteroatoms. The number of hydrogen-bond donors (Lipinski definition) is 3. The van der Waals surface area contributed by atoms with Gasteiger partial charge in [-0.25, -0.2) is 0 Å². The standard InChI is InChI=1S/C20H23N3O4/c1-2-27-17-10-8-16(9-11-17)20(26)23-22-18(24)12-13-21-19(25)14-15-6-4-3-5-7-15/h3-11H,2,12-14H2,1H3,(H,21,25)(H,22,24)(H,23,26). The number of hydrogen-bond acceptors (Lipinski definition) is 4. The molecule has 0 fully saturated rings. The number of hydrazine groups is 1. The van der Waals surface area contributed by atoms with Gasteiger partial charge >= 0.3 is 0 Å². The molecule has 27 heavy (non-hydrogen) atoms. The molecule has 0 heterocycles. The van der Waals surface area contributed by atoms with Crippen molar-refractivity contribution in [2.24, 2.45) is 0 Å². The highest BCUT2D eigenvalue weighted by atomic mass is 16.5. The number of carbonyl (C=O) groups excluding carboxylic acids is 3. The van der Waals surface area contributed by atoms with Gasteiger partial charge in [-0.2, -0.15) is 0 Å². The van der Waals surface area contributed by atoms with E-state index in [2.05, 4.69) is 16.2 Å². The number of nitrogens with one attached hydrogen (secondary N) is 3. The topological polar surface area (TPSA) is 96.5 Å². The van der Waals surface area contributed by atoms with Crippen molar-refractivity contribution in [2.45, 2.75) is 19.8 Å². The molecule has 142 valence electrons. The zero-order valence-corrected chi connectivity index (χ0v) is 15.2. The van der Waals surface area contributed by atoms with E-state index in [1.165, 1.54) is 0 Å². The average Bonchev–Trinajstić information content (AvgIpc) is 2.68. The molecule has 2 rings (SSSR count). The molecule has 7 nitrogen and oxygen atoms in total. The molecule has 2 aromatic carbocycles. The lowest BCUT2D eigenvalue weighted by atomic mass is 10.1. The molecule has 0 radical (unpaired) electrons. The lowest BCUT2D eigenvalue weighted by Gasteiger charge is -2.09. The van der Waals surface area contributed by atoms with Gasteiger partial charge in [0.2, 0.25) is 11.8 Å². The highest BCUT2D eigenvalue weighted by molar-refractivity contribution is 5.95. The Balaban J connectivity index is 1.65. The molecule has 0 atom stereocenters. The van der Waals surface area contributed by atoms with Crippen molar-refractivity contribution in [2.75, 3.05) is 13.2 Å². The number of benzene rings is 2. The van der Waals surface area contributed by atoms with Gasteiger partial charge in [0.15, 0.2) is 0 Å². The van der Waals surface area contributed by atoms with Crippen LogP contribution in [-0.2, 0) is 16.0 Å². The van der Waals surface area contributed by atoms with E-state index in [0.29, 0.717) is 17.9 Å². The van der Waals surface area contributed by atoms with Crippen LogP contribution >= 0.6 is 0 Å². The predicted octanol–water partition coefficient (Wildman–Crippen LogP) is 1.60. The van der Waals surface area contributed by atoms with Crippen LogP contribution in [0.1, 0.15) is 29.3 Å². The van der Waals surface area contributed by atoms with Crippen LogP contribution in [0.25, 0.3) is 0 Å². The summed E-state index contributed by atoms with van der Waals surface area (Å²) in [6.45, 7) is 2.61. The summed E-state index contributed by atoms with van der Waals surface area (Å²) in [5, 5.41) is 2.67. The minimum atomic E-state index is -0.431. The minimum Gasteiger partial charge on any atom is -0.494 e. The molecule has 0 aliphatic heterocycles. The van der Waals surface area contributed by atoms with Crippen molar-refractivity contribution < 1.29 is 19.1 Å². The first-order valence-corrected chi connectivity index (χ1v) is 8.71. The van der Waals surface area contributed by atoms with Gasteiger partial charge in [-0.15, -0.1) is 0 Å². The van der Waals surface area contributed by atoms with Gasteiger partial charge in [-0.1, -0.05) is 30.3 Å². The largest absolute Gasteiger partial charge is 0.494 e. The first-order chi connectivity index (χ1) is 13.1. The van der Waals surface area contributed by atoms with Gasteiger partial charge < -0.3 is 10.1 Å². The van der Waals surface area contributed by atoms with E-state index in [0.717, 1.165) is 5.56 Å². The molecule has 0 aliphatic rings. The maximum Gasteiger partial charge on any atom is 0.269 e. The molecule has 0 aliphatic carbocycles. The summed E-state index contributed by atoms with van der Waals surface area (Å²) in [5.74, 6) is -0.314. The summed E-state index contributed by atoms with van der Waals surface area (Å²) < 4.78 is 5.30. The van der Waals surface area contributed by atoms with Gasteiger partial charge in [0, 0.05) is 18.5 Å². The van der Waals surface area contributed by atoms with Crippen LogP contribution in [0.5, 0.6) is 5.75 Å². The third-order valence-electron chi connectivity index (χ3n) is 3.62. The summed E-state index contributed by atoms with van der Waals surface area (Å²) in [6, 6.07) is 15.9. The monoisotopic (exact) mass is 369 g/mol. The lowest BCUT2D eigenvalue weighted by Crippen LogP contribution is -2.42. The van der Waals surface area contributed by atoms with Crippen molar-refractivity contribution in [3.8, 4) is 5.75 Å². The fraction of sp³-hybridized carbons (Fsp3) is 0.250. The summed E-state index contributed by atoms with van der Waals surface area (Å²) in [5.41, 5.74) is 5.96. The molecule has 0 aromatic heterocycles. The van der Waals surface area contributed by atoms with Crippen LogP contribution in [0, 0.1) is 0 Å². The lowest BCUT2D eigenvalue weighted by molar-refractivity contribution is -0.122. The van der Waals surface area contributed by atoms with Crippen LogP contribution in [0.4, 0.5) is 0 Å². The van der Waals surface area contributed by atoms with E-state index >= 15 is 0 Å². The second-order valence-corrected chi connectivity index (χ2v) is 5.72. The molecule has 0 bridgehead atoms. The van der Waals surface area contributed by atoms with Crippen molar-refractivity contribution in [1.82, 2.24) is 16.2 Å². The summed E-state index contributed by atoms with van der Waals surface area (Å²) in [4.78, 5) is 35.5. The Morgan fingerprint density at radius 1 is 0.889 bits per heavy atom. The van der Waals surface area contributed by atoms with E-state index in [-0.39, 0.29) is 25.3 Å². The third kappa shape index (κ3) is 7.19. The summed E-state index contributed by atoms with van der Waals surface area (Å²) >= 11 is 0. The number of ether oxygens (including phenoxy) is 1. The number of rotatable bonds is 8. The Hall–Kier alpha value is -3.35. The molecule has 0 unspecified atom stereocenters.